The minimum Gasteiger partial charge on any atom is -0.490 e. The molecule has 36 heavy (non-hydrogen) atoms. The molecule has 1 amide bonds. The van der Waals surface area contributed by atoms with Crippen molar-refractivity contribution in [2.75, 3.05) is 16.6 Å². The number of aromatic nitrogens is 2. The van der Waals surface area contributed by atoms with Crippen molar-refractivity contribution in [2.24, 2.45) is 0 Å². The molecule has 0 saturated carbocycles. The van der Waals surface area contributed by atoms with E-state index in [4.69, 9.17) is 27.9 Å². The molecule has 2 N–H and O–H groups in total. The minimum absolute atomic E-state index is 0.0148. The number of nitrogens with one attached hydrogen (secondary N) is 2. The van der Waals surface area contributed by atoms with E-state index in [2.05, 4.69) is 26.9 Å². The van der Waals surface area contributed by atoms with Crippen LogP contribution in [0.25, 0.3) is 0 Å². The Hall–Kier alpha value is -2.88. The SMILES string of the molecule is CCCCCCOc1c(Cl)cc(C(=O)Nc2ccc(S(=O)(=O)Nc3cc(C)nc(C)n3)cc2)cc1Cl. The van der Waals surface area contributed by atoms with E-state index in [0.717, 1.165) is 25.7 Å². The van der Waals surface area contributed by atoms with Gasteiger partial charge in [-0.05, 0) is 56.7 Å². The molecule has 3 aromatic rings. The fourth-order valence-electron chi connectivity index (χ4n) is 3.42. The Balaban J connectivity index is 1.66. The van der Waals surface area contributed by atoms with Crippen LogP contribution >= 0.6 is 23.2 Å². The van der Waals surface area contributed by atoms with Gasteiger partial charge in [-0.25, -0.2) is 18.4 Å². The Morgan fingerprint density at radius 2 is 1.64 bits per heavy atom. The summed E-state index contributed by atoms with van der Waals surface area (Å²) in [7, 11) is -3.88. The van der Waals surface area contributed by atoms with E-state index in [0.29, 0.717) is 29.6 Å². The van der Waals surface area contributed by atoms with Gasteiger partial charge in [0.25, 0.3) is 15.9 Å². The summed E-state index contributed by atoms with van der Waals surface area (Å²) in [6.07, 6.45) is 4.21. The van der Waals surface area contributed by atoms with Crippen molar-refractivity contribution in [3.63, 3.8) is 0 Å². The molecule has 0 radical (unpaired) electrons. The number of benzene rings is 2. The molecule has 0 aliphatic carbocycles. The Labute approximate surface area is 221 Å². The van der Waals surface area contributed by atoms with Crippen molar-refractivity contribution in [3.05, 3.63) is 69.6 Å². The first-order chi connectivity index (χ1) is 17.1. The van der Waals surface area contributed by atoms with Crippen LogP contribution in [0.4, 0.5) is 11.5 Å². The van der Waals surface area contributed by atoms with Gasteiger partial charge < -0.3 is 10.1 Å². The van der Waals surface area contributed by atoms with Gasteiger partial charge in [0.15, 0.2) is 5.75 Å². The summed E-state index contributed by atoms with van der Waals surface area (Å²) in [5.74, 6) is 0.536. The highest BCUT2D eigenvalue weighted by atomic mass is 35.5. The molecular weight excluding hydrogens is 523 g/mol. The molecule has 0 spiro atoms. The zero-order chi connectivity index (χ0) is 26.3. The lowest BCUT2D eigenvalue weighted by Gasteiger charge is -2.12. The fraction of sp³-hybridized carbons (Fsp3) is 0.320. The molecule has 0 saturated heterocycles. The number of unbranched alkanes of at least 4 members (excludes halogenated alkanes) is 3. The van der Waals surface area contributed by atoms with Gasteiger partial charge in [-0.15, -0.1) is 0 Å². The van der Waals surface area contributed by atoms with Crippen molar-refractivity contribution >= 4 is 50.6 Å². The highest BCUT2D eigenvalue weighted by Gasteiger charge is 2.17. The molecule has 0 unspecified atom stereocenters. The van der Waals surface area contributed by atoms with Crippen molar-refractivity contribution in [2.45, 2.75) is 51.3 Å². The highest BCUT2D eigenvalue weighted by Crippen LogP contribution is 2.34. The molecule has 1 aromatic heterocycles. The summed E-state index contributed by atoms with van der Waals surface area (Å²) in [5.41, 5.74) is 1.29. The first-order valence-corrected chi connectivity index (χ1v) is 13.7. The quantitative estimate of drug-likeness (QED) is 0.267. The predicted octanol–water partition coefficient (Wildman–Crippen LogP) is 6.41. The van der Waals surface area contributed by atoms with E-state index in [1.807, 2.05) is 0 Å². The van der Waals surface area contributed by atoms with Crippen LogP contribution in [0.5, 0.6) is 5.75 Å². The Bertz CT molecular complexity index is 1290. The van der Waals surface area contributed by atoms with Crippen LogP contribution in [-0.2, 0) is 10.0 Å². The third kappa shape index (κ3) is 7.56. The summed E-state index contributed by atoms with van der Waals surface area (Å²) in [6.45, 7) is 6.05. The third-order valence-corrected chi connectivity index (χ3v) is 7.06. The molecule has 1 heterocycles. The van der Waals surface area contributed by atoms with Crippen molar-refractivity contribution in [3.8, 4) is 5.75 Å². The monoisotopic (exact) mass is 550 g/mol. The predicted molar refractivity (Wildman–Crippen MR) is 143 cm³/mol. The lowest BCUT2D eigenvalue weighted by molar-refractivity contribution is 0.102. The molecule has 192 valence electrons. The van der Waals surface area contributed by atoms with Crippen LogP contribution < -0.4 is 14.8 Å². The van der Waals surface area contributed by atoms with Gasteiger partial charge >= 0.3 is 0 Å². The summed E-state index contributed by atoms with van der Waals surface area (Å²) >= 11 is 12.6. The van der Waals surface area contributed by atoms with E-state index in [9.17, 15) is 13.2 Å². The second-order valence-electron chi connectivity index (χ2n) is 8.20. The topological polar surface area (TPSA) is 110 Å². The molecule has 0 aliphatic heterocycles. The lowest BCUT2D eigenvalue weighted by Crippen LogP contribution is -2.15. The second-order valence-corrected chi connectivity index (χ2v) is 10.7. The first-order valence-electron chi connectivity index (χ1n) is 11.5. The molecular formula is C25H28Cl2N4O4S. The molecule has 0 aliphatic rings. The number of aryl methyl sites for hydroxylation is 2. The fourth-order valence-corrected chi connectivity index (χ4v) is 5.01. The maximum atomic E-state index is 12.7. The van der Waals surface area contributed by atoms with Crippen LogP contribution in [0.3, 0.4) is 0 Å². The summed E-state index contributed by atoms with van der Waals surface area (Å²) in [5, 5.41) is 3.19. The number of sulfonamides is 1. The standard InChI is InChI=1S/C25H28Cl2N4O4S/c1-4-5-6-7-12-35-24-21(26)14-18(15-22(24)27)25(32)30-19-8-10-20(11-9-19)36(33,34)31-23-13-16(2)28-17(3)29-23/h8-11,13-15H,4-7,12H2,1-3H3,(H,30,32)(H,28,29,31). The third-order valence-electron chi connectivity index (χ3n) is 5.13. The number of carbonyl (C=O) groups excluding carboxylic acids is 1. The van der Waals surface area contributed by atoms with E-state index in [1.165, 1.54) is 42.5 Å². The maximum Gasteiger partial charge on any atom is 0.263 e. The number of carbonyl (C=O) groups is 1. The first kappa shape index (κ1) is 27.7. The lowest BCUT2D eigenvalue weighted by atomic mass is 10.2. The molecule has 2 aromatic carbocycles. The maximum absolute atomic E-state index is 12.7. The number of nitrogens with zero attached hydrogens (tertiary/aromatic N) is 2. The van der Waals surface area contributed by atoms with Crippen LogP contribution in [-0.4, -0.2) is 30.9 Å². The van der Waals surface area contributed by atoms with Gasteiger partial charge in [0.1, 0.15) is 11.6 Å². The van der Waals surface area contributed by atoms with Gasteiger partial charge in [0.2, 0.25) is 0 Å². The van der Waals surface area contributed by atoms with E-state index < -0.39 is 15.9 Å². The van der Waals surface area contributed by atoms with Gasteiger partial charge in [-0.3, -0.25) is 9.52 Å². The number of rotatable bonds is 11. The molecule has 0 fully saturated rings. The van der Waals surface area contributed by atoms with Crippen molar-refractivity contribution < 1.29 is 17.9 Å². The van der Waals surface area contributed by atoms with Crippen molar-refractivity contribution in [1.82, 2.24) is 9.97 Å². The number of halogens is 2. The Kier molecular flexibility index (Phi) is 9.53. The zero-order valence-electron chi connectivity index (χ0n) is 20.3. The normalized spacial score (nSPS) is 11.2. The van der Waals surface area contributed by atoms with E-state index >= 15 is 0 Å². The second kappa shape index (κ2) is 12.4. The molecule has 3 rings (SSSR count). The van der Waals surface area contributed by atoms with Crippen LogP contribution in [0.2, 0.25) is 10.0 Å². The zero-order valence-corrected chi connectivity index (χ0v) is 22.6. The van der Waals surface area contributed by atoms with Crippen LogP contribution in [0.15, 0.2) is 47.4 Å². The smallest absolute Gasteiger partial charge is 0.263 e. The molecule has 8 nitrogen and oxygen atoms in total. The van der Waals surface area contributed by atoms with Gasteiger partial charge in [-0.2, -0.15) is 0 Å². The van der Waals surface area contributed by atoms with Gasteiger partial charge in [0.05, 0.1) is 21.5 Å². The largest absolute Gasteiger partial charge is 0.490 e. The molecule has 0 atom stereocenters. The highest BCUT2D eigenvalue weighted by molar-refractivity contribution is 7.92. The average Bonchev–Trinajstić information content (AvgIpc) is 2.79. The summed E-state index contributed by atoms with van der Waals surface area (Å²) < 4.78 is 33.6. The van der Waals surface area contributed by atoms with Crippen LogP contribution in [0.1, 0.15) is 54.5 Å². The number of amides is 1. The van der Waals surface area contributed by atoms with Gasteiger partial charge in [0, 0.05) is 23.0 Å². The Morgan fingerprint density at radius 1 is 0.972 bits per heavy atom. The number of ether oxygens (including phenoxy) is 1. The molecule has 0 bridgehead atoms. The number of anilines is 2. The summed E-state index contributed by atoms with van der Waals surface area (Å²) in [6, 6.07) is 10.2. The van der Waals surface area contributed by atoms with E-state index in [-0.39, 0.29) is 26.3 Å². The van der Waals surface area contributed by atoms with Gasteiger partial charge in [-0.1, -0.05) is 49.4 Å². The van der Waals surface area contributed by atoms with Crippen LogP contribution in [0, 0.1) is 13.8 Å². The number of hydrogen-bond acceptors (Lipinski definition) is 6. The van der Waals surface area contributed by atoms with E-state index in [1.54, 1.807) is 13.8 Å². The average molecular weight is 551 g/mol. The number of hydrogen-bond donors (Lipinski definition) is 2. The van der Waals surface area contributed by atoms with Crippen molar-refractivity contribution in [1.29, 1.82) is 0 Å². The molecule has 11 heteroatoms. The summed E-state index contributed by atoms with van der Waals surface area (Å²) in [4.78, 5) is 21.0. The Morgan fingerprint density at radius 3 is 2.25 bits per heavy atom. The minimum atomic E-state index is -3.88.